The number of rotatable bonds is 6. The van der Waals surface area contributed by atoms with Crippen LogP contribution in [0.25, 0.3) is 0 Å². The number of amides is 2. The molecule has 2 amide bonds. The zero-order chi connectivity index (χ0) is 17.5. The molecule has 0 atom stereocenters. The molecule has 0 saturated heterocycles. The standard InChI is InChI=1S/C18H19ClN2O3/c1-12(2)20-18(23)15-5-3-4-6-16(15)21-17(22)11-24-14-9-7-13(19)8-10-14/h3-10,12H,11H2,1-2H3,(H,20,23)(H,21,22). The number of benzene rings is 2. The molecule has 126 valence electrons. The third-order valence-corrected chi connectivity index (χ3v) is 3.30. The van der Waals surface area contributed by atoms with Crippen molar-refractivity contribution < 1.29 is 14.3 Å². The van der Waals surface area contributed by atoms with E-state index in [1.54, 1.807) is 48.5 Å². The van der Waals surface area contributed by atoms with Gasteiger partial charge in [-0.3, -0.25) is 9.59 Å². The van der Waals surface area contributed by atoms with Gasteiger partial charge in [0.15, 0.2) is 6.61 Å². The Labute approximate surface area is 146 Å². The third kappa shape index (κ3) is 5.28. The van der Waals surface area contributed by atoms with Crippen LogP contribution in [0.5, 0.6) is 5.75 Å². The first-order valence-corrected chi connectivity index (χ1v) is 7.91. The van der Waals surface area contributed by atoms with Crippen molar-refractivity contribution in [2.24, 2.45) is 0 Å². The molecule has 0 aliphatic heterocycles. The van der Waals surface area contributed by atoms with E-state index in [0.29, 0.717) is 22.0 Å². The summed E-state index contributed by atoms with van der Waals surface area (Å²) in [4.78, 5) is 24.2. The Morgan fingerprint density at radius 1 is 1.08 bits per heavy atom. The van der Waals surface area contributed by atoms with Gasteiger partial charge in [0, 0.05) is 11.1 Å². The van der Waals surface area contributed by atoms with Crippen LogP contribution in [0.1, 0.15) is 24.2 Å². The molecule has 0 radical (unpaired) electrons. The smallest absolute Gasteiger partial charge is 0.262 e. The molecule has 2 rings (SSSR count). The normalized spacial score (nSPS) is 10.3. The first-order valence-electron chi connectivity index (χ1n) is 7.54. The average molecular weight is 347 g/mol. The number of hydrogen-bond acceptors (Lipinski definition) is 3. The van der Waals surface area contributed by atoms with E-state index in [2.05, 4.69) is 10.6 Å². The molecule has 0 aromatic heterocycles. The Morgan fingerprint density at radius 2 is 1.75 bits per heavy atom. The van der Waals surface area contributed by atoms with Crippen LogP contribution in [-0.2, 0) is 4.79 Å². The van der Waals surface area contributed by atoms with Gasteiger partial charge >= 0.3 is 0 Å². The maximum atomic E-state index is 12.2. The SMILES string of the molecule is CC(C)NC(=O)c1ccccc1NC(=O)COc1ccc(Cl)cc1. The van der Waals surface area contributed by atoms with Crippen LogP contribution in [0.3, 0.4) is 0 Å². The van der Waals surface area contributed by atoms with Crippen LogP contribution in [-0.4, -0.2) is 24.5 Å². The summed E-state index contributed by atoms with van der Waals surface area (Å²) in [6, 6.07) is 13.6. The van der Waals surface area contributed by atoms with E-state index in [1.165, 1.54) is 0 Å². The second kappa shape index (κ2) is 8.36. The van der Waals surface area contributed by atoms with Gasteiger partial charge in [-0.05, 0) is 50.2 Å². The molecule has 2 aromatic rings. The lowest BCUT2D eigenvalue weighted by Gasteiger charge is -2.13. The molecule has 2 aromatic carbocycles. The van der Waals surface area contributed by atoms with Gasteiger partial charge < -0.3 is 15.4 Å². The van der Waals surface area contributed by atoms with E-state index < -0.39 is 0 Å². The van der Waals surface area contributed by atoms with E-state index in [0.717, 1.165) is 0 Å². The fourth-order valence-electron chi connectivity index (χ4n) is 2.00. The second-order valence-corrected chi connectivity index (χ2v) is 5.90. The van der Waals surface area contributed by atoms with Crippen molar-refractivity contribution in [1.29, 1.82) is 0 Å². The van der Waals surface area contributed by atoms with Gasteiger partial charge in [-0.15, -0.1) is 0 Å². The molecule has 6 heteroatoms. The maximum absolute atomic E-state index is 12.2. The Morgan fingerprint density at radius 3 is 2.42 bits per heavy atom. The minimum atomic E-state index is -0.352. The van der Waals surface area contributed by atoms with Crippen LogP contribution in [0.2, 0.25) is 5.02 Å². The van der Waals surface area contributed by atoms with Crippen molar-refractivity contribution in [1.82, 2.24) is 5.32 Å². The number of halogens is 1. The molecule has 0 bridgehead atoms. The molecule has 0 saturated carbocycles. The van der Waals surface area contributed by atoms with Crippen LogP contribution in [0, 0.1) is 0 Å². The Kier molecular flexibility index (Phi) is 6.21. The Bertz CT molecular complexity index is 714. The summed E-state index contributed by atoms with van der Waals surface area (Å²) >= 11 is 5.79. The van der Waals surface area contributed by atoms with E-state index in [4.69, 9.17) is 16.3 Å². The van der Waals surface area contributed by atoms with Gasteiger partial charge in [0.05, 0.1) is 11.3 Å². The molecule has 0 unspecified atom stereocenters. The highest BCUT2D eigenvalue weighted by Gasteiger charge is 2.14. The maximum Gasteiger partial charge on any atom is 0.262 e. The summed E-state index contributed by atoms with van der Waals surface area (Å²) < 4.78 is 5.39. The van der Waals surface area contributed by atoms with Crippen LogP contribution in [0.15, 0.2) is 48.5 Å². The van der Waals surface area contributed by atoms with E-state index in [1.807, 2.05) is 13.8 Å². The zero-order valence-electron chi connectivity index (χ0n) is 13.5. The van der Waals surface area contributed by atoms with Crippen molar-refractivity contribution >= 4 is 29.1 Å². The molecule has 0 fully saturated rings. The Balaban J connectivity index is 1.98. The number of nitrogens with one attached hydrogen (secondary N) is 2. The zero-order valence-corrected chi connectivity index (χ0v) is 14.3. The number of para-hydroxylation sites is 1. The van der Waals surface area contributed by atoms with E-state index in [9.17, 15) is 9.59 Å². The summed E-state index contributed by atoms with van der Waals surface area (Å²) in [6.45, 7) is 3.58. The van der Waals surface area contributed by atoms with Crippen molar-refractivity contribution in [3.05, 3.63) is 59.1 Å². The molecule has 2 N–H and O–H groups in total. The third-order valence-electron chi connectivity index (χ3n) is 3.05. The highest BCUT2D eigenvalue weighted by atomic mass is 35.5. The summed E-state index contributed by atoms with van der Waals surface area (Å²) in [7, 11) is 0. The number of anilines is 1. The molecular formula is C18H19ClN2O3. The van der Waals surface area contributed by atoms with Crippen molar-refractivity contribution in [2.75, 3.05) is 11.9 Å². The fraction of sp³-hybridized carbons (Fsp3) is 0.222. The number of carbonyl (C=O) groups excluding carboxylic acids is 2. The first-order chi connectivity index (χ1) is 11.5. The van der Waals surface area contributed by atoms with Gasteiger partial charge in [-0.2, -0.15) is 0 Å². The molecule has 24 heavy (non-hydrogen) atoms. The molecule has 0 aliphatic carbocycles. The minimum absolute atomic E-state index is 0.00879. The lowest BCUT2D eigenvalue weighted by atomic mass is 10.1. The largest absolute Gasteiger partial charge is 0.484 e. The minimum Gasteiger partial charge on any atom is -0.484 e. The van der Waals surface area contributed by atoms with Gasteiger partial charge in [0.1, 0.15) is 5.75 Å². The lowest BCUT2D eigenvalue weighted by Crippen LogP contribution is -2.31. The first kappa shape index (κ1) is 17.8. The van der Waals surface area contributed by atoms with Gasteiger partial charge in [0.25, 0.3) is 11.8 Å². The molecular weight excluding hydrogens is 328 g/mol. The van der Waals surface area contributed by atoms with Gasteiger partial charge in [-0.25, -0.2) is 0 Å². The Hall–Kier alpha value is -2.53. The average Bonchev–Trinajstić information content (AvgIpc) is 2.54. The van der Waals surface area contributed by atoms with Crippen LogP contribution < -0.4 is 15.4 Å². The van der Waals surface area contributed by atoms with Crippen molar-refractivity contribution in [2.45, 2.75) is 19.9 Å². The van der Waals surface area contributed by atoms with E-state index >= 15 is 0 Å². The highest BCUT2D eigenvalue weighted by Crippen LogP contribution is 2.17. The van der Waals surface area contributed by atoms with Crippen molar-refractivity contribution in [3.63, 3.8) is 0 Å². The highest BCUT2D eigenvalue weighted by molar-refractivity contribution is 6.30. The predicted octanol–water partition coefficient (Wildman–Crippen LogP) is 3.50. The van der Waals surface area contributed by atoms with Crippen LogP contribution in [0.4, 0.5) is 5.69 Å². The summed E-state index contributed by atoms with van der Waals surface area (Å²) in [5.74, 6) is -0.0466. The quantitative estimate of drug-likeness (QED) is 0.841. The molecule has 0 aliphatic rings. The number of ether oxygens (including phenoxy) is 1. The second-order valence-electron chi connectivity index (χ2n) is 5.46. The lowest BCUT2D eigenvalue weighted by molar-refractivity contribution is -0.118. The topological polar surface area (TPSA) is 67.4 Å². The molecule has 5 nitrogen and oxygen atoms in total. The van der Waals surface area contributed by atoms with Gasteiger partial charge in [0.2, 0.25) is 0 Å². The molecule has 0 spiro atoms. The van der Waals surface area contributed by atoms with Gasteiger partial charge in [-0.1, -0.05) is 23.7 Å². The summed E-state index contributed by atoms with van der Waals surface area (Å²) in [5, 5.41) is 6.09. The summed E-state index contributed by atoms with van der Waals surface area (Å²) in [6.07, 6.45) is 0. The van der Waals surface area contributed by atoms with Crippen molar-refractivity contribution in [3.8, 4) is 5.75 Å². The predicted molar refractivity (Wildman–Crippen MR) is 94.6 cm³/mol. The summed E-state index contributed by atoms with van der Waals surface area (Å²) in [5.41, 5.74) is 0.853. The monoisotopic (exact) mass is 346 g/mol. The number of hydrogen-bond donors (Lipinski definition) is 2. The molecule has 0 heterocycles. The van der Waals surface area contributed by atoms with E-state index in [-0.39, 0.29) is 24.5 Å². The number of carbonyl (C=O) groups is 2. The fourth-order valence-corrected chi connectivity index (χ4v) is 2.12. The van der Waals surface area contributed by atoms with Crippen LogP contribution >= 0.6 is 11.6 Å².